The van der Waals surface area contributed by atoms with Gasteiger partial charge < -0.3 is 25.0 Å². The van der Waals surface area contributed by atoms with Crippen molar-refractivity contribution in [3.63, 3.8) is 0 Å². The molecule has 3 N–H and O–H groups in total. The van der Waals surface area contributed by atoms with Crippen LogP contribution in [0.15, 0.2) is 24.3 Å². The zero-order chi connectivity index (χ0) is 24.2. The fraction of sp³-hybridized carbons (Fsp3) is 0.400. The molecule has 1 aromatic carbocycles. The Morgan fingerprint density at radius 1 is 1.21 bits per heavy atom. The Hall–Kier alpha value is -3.61. The molecular weight excluding hydrogens is 447 g/mol. The van der Waals surface area contributed by atoms with Crippen LogP contribution in [0.1, 0.15) is 18.7 Å². The fourth-order valence-electron chi connectivity index (χ4n) is 3.39. The topological polar surface area (TPSA) is 133 Å². The lowest BCUT2D eigenvalue weighted by Crippen LogP contribution is -2.38. The van der Waals surface area contributed by atoms with Gasteiger partial charge in [-0.05, 0) is 18.9 Å². The molecule has 0 aliphatic heterocycles. The summed E-state index contributed by atoms with van der Waals surface area (Å²) in [6.45, 7) is 0.333. The second kappa shape index (κ2) is 9.90. The Labute approximate surface area is 185 Å². The summed E-state index contributed by atoms with van der Waals surface area (Å²) in [6.07, 6.45) is -6.14. The first-order chi connectivity index (χ1) is 15.6. The van der Waals surface area contributed by atoms with Gasteiger partial charge in [-0.15, -0.1) is 5.06 Å². The monoisotopic (exact) mass is 469 g/mol. The summed E-state index contributed by atoms with van der Waals surface area (Å²) < 4.78 is 44.2. The van der Waals surface area contributed by atoms with Gasteiger partial charge in [-0.2, -0.15) is 13.2 Å². The molecule has 33 heavy (non-hydrogen) atoms. The molecule has 2 heterocycles. The number of methoxy groups -OCH3 is 1. The smallest absolute Gasteiger partial charge is 0.463 e. The van der Waals surface area contributed by atoms with Gasteiger partial charge >= 0.3 is 18.2 Å². The van der Waals surface area contributed by atoms with E-state index in [0.29, 0.717) is 42.9 Å². The van der Waals surface area contributed by atoms with Gasteiger partial charge in [0, 0.05) is 25.5 Å². The average molecular weight is 469 g/mol. The molecule has 0 bridgehead atoms. The number of anilines is 1. The molecule has 0 spiro atoms. The van der Waals surface area contributed by atoms with Crippen LogP contribution >= 0.6 is 0 Å². The highest BCUT2D eigenvalue weighted by molar-refractivity contribution is 6.06. The lowest BCUT2D eigenvalue weighted by Gasteiger charge is -2.18. The van der Waals surface area contributed by atoms with E-state index in [0.717, 1.165) is 10.9 Å². The maximum Gasteiger partial charge on any atom is 0.493 e. The number of halogens is 3. The van der Waals surface area contributed by atoms with Crippen LogP contribution in [0.5, 0.6) is 0 Å². The predicted octanol–water partition coefficient (Wildman–Crippen LogP) is 3.14. The van der Waals surface area contributed by atoms with E-state index in [1.165, 1.54) is 0 Å². The van der Waals surface area contributed by atoms with E-state index in [-0.39, 0.29) is 17.3 Å². The molecule has 10 nitrogen and oxygen atoms in total. The van der Waals surface area contributed by atoms with Gasteiger partial charge in [-0.1, -0.05) is 18.2 Å². The number of alkyl halides is 3. The van der Waals surface area contributed by atoms with Crippen LogP contribution < -0.4 is 5.73 Å². The van der Waals surface area contributed by atoms with Crippen LogP contribution in [0.25, 0.3) is 21.9 Å². The van der Waals surface area contributed by atoms with Crippen molar-refractivity contribution in [3.05, 3.63) is 30.1 Å². The zero-order valence-electron chi connectivity index (χ0n) is 17.6. The minimum atomic E-state index is -5.30. The SMILES string of the molecule is COCCc1nc2c(N)nc3ccccc3c2n1CCCCN(OC(=O)C(F)(F)F)C(=O)O. The molecule has 0 saturated heterocycles. The van der Waals surface area contributed by atoms with Crippen molar-refractivity contribution in [3.8, 4) is 0 Å². The molecule has 0 aliphatic rings. The molecule has 0 saturated carbocycles. The molecule has 3 rings (SSSR count). The van der Waals surface area contributed by atoms with Gasteiger partial charge in [-0.25, -0.2) is 19.6 Å². The summed E-state index contributed by atoms with van der Waals surface area (Å²) in [6, 6.07) is 7.38. The van der Waals surface area contributed by atoms with E-state index in [2.05, 4.69) is 14.8 Å². The zero-order valence-corrected chi connectivity index (χ0v) is 17.6. The van der Waals surface area contributed by atoms with Crippen molar-refractivity contribution in [2.45, 2.75) is 32.0 Å². The molecule has 0 unspecified atom stereocenters. The van der Waals surface area contributed by atoms with Crippen LogP contribution in [-0.4, -0.2) is 63.2 Å². The third kappa shape index (κ3) is 5.42. The number of amides is 1. The molecule has 0 fully saturated rings. The number of nitrogen functional groups attached to an aromatic ring is 1. The van der Waals surface area contributed by atoms with Crippen LogP contribution in [-0.2, 0) is 27.3 Å². The standard InChI is InChI=1S/C20H22F3N5O5/c1-32-11-8-14-26-15-16(12-6-2-3-7-13(12)25-17(15)24)27(14)9-4-5-10-28(19(30)31)33-18(29)20(21,22)23/h2-3,6-7H,4-5,8-11H2,1H3,(H2,24,25)(H,30,31). The van der Waals surface area contributed by atoms with Crippen molar-refractivity contribution in [2.24, 2.45) is 0 Å². The largest absolute Gasteiger partial charge is 0.493 e. The molecule has 3 aromatic rings. The number of unbranched alkanes of at least 4 members (excludes halogenated alkanes) is 1. The molecule has 0 aliphatic carbocycles. The number of nitrogens with two attached hydrogens (primary N) is 1. The van der Waals surface area contributed by atoms with E-state index >= 15 is 0 Å². The first-order valence-corrected chi connectivity index (χ1v) is 9.95. The van der Waals surface area contributed by atoms with Gasteiger partial charge in [0.25, 0.3) is 0 Å². The number of fused-ring (bicyclic) bond motifs is 3. The van der Waals surface area contributed by atoms with Crippen LogP contribution in [0.4, 0.5) is 23.8 Å². The summed E-state index contributed by atoms with van der Waals surface area (Å²) >= 11 is 0. The van der Waals surface area contributed by atoms with E-state index in [4.69, 9.17) is 15.6 Å². The lowest BCUT2D eigenvalue weighted by atomic mass is 10.2. The van der Waals surface area contributed by atoms with Gasteiger partial charge in [0.05, 0.1) is 24.2 Å². The summed E-state index contributed by atoms with van der Waals surface area (Å²) in [4.78, 5) is 35.0. The molecular formula is C20H22F3N5O5. The number of rotatable bonds is 8. The first-order valence-electron chi connectivity index (χ1n) is 9.95. The summed E-state index contributed by atoms with van der Waals surface area (Å²) in [5.74, 6) is -1.66. The number of pyridine rings is 1. The minimum Gasteiger partial charge on any atom is -0.463 e. The second-order valence-corrected chi connectivity index (χ2v) is 7.10. The van der Waals surface area contributed by atoms with Gasteiger partial charge in [-0.3, -0.25) is 0 Å². The molecule has 1 amide bonds. The van der Waals surface area contributed by atoms with Crippen molar-refractivity contribution in [2.75, 3.05) is 26.0 Å². The summed E-state index contributed by atoms with van der Waals surface area (Å²) in [5, 5.41) is 9.83. The number of aromatic nitrogens is 3. The lowest BCUT2D eigenvalue weighted by molar-refractivity contribution is -0.230. The Morgan fingerprint density at radius 2 is 1.94 bits per heavy atom. The highest BCUT2D eigenvalue weighted by atomic mass is 19.4. The number of ether oxygens (including phenoxy) is 1. The molecule has 0 radical (unpaired) electrons. The number of hydrogen-bond donors (Lipinski definition) is 2. The van der Waals surface area contributed by atoms with Gasteiger partial charge in [0.1, 0.15) is 11.3 Å². The summed E-state index contributed by atoms with van der Waals surface area (Å²) in [5.41, 5.74) is 8.06. The number of aryl methyl sites for hydroxylation is 1. The third-order valence-corrected chi connectivity index (χ3v) is 4.85. The number of carbonyl (C=O) groups excluding carboxylic acids is 1. The van der Waals surface area contributed by atoms with Crippen LogP contribution in [0.2, 0.25) is 0 Å². The van der Waals surface area contributed by atoms with E-state index in [9.17, 15) is 22.8 Å². The Kier molecular flexibility index (Phi) is 7.21. The molecule has 13 heteroatoms. The van der Waals surface area contributed by atoms with Crippen molar-refractivity contribution < 1.29 is 37.4 Å². The number of para-hydroxylation sites is 1. The van der Waals surface area contributed by atoms with Gasteiger partial charge in [0.15, 0.2) is 5.82 Å². The fourth-order valence-corrected chi connectivity index (χ4v) is 3.39. The van der Waals surface area contributed by atoms with Crippen molar-refractivity contribution in [1.29, 1.82) is 0 Å². The van der Waals surface area contributed by atoms with Crippen molar-refractivity contribution >= 4 is 39.8 Å². The van der Waals surface area contributed by atoms with E-state index in [1.807, 2.05) is 28.8 Å². The number of carboxylic acid groups (broad SMARTS) is 1. The number of nitrogens with zero attached hydrogens (tertiary/aromatic N) is 4. The number of imidazole rings is 1. The highest BCUT2D eigenvalue weighted by Gasteiger charge is 2.43. The number of carbonyl (C=O) groups is 2. The number of hydroxylamine groups is 2. The first kappa shape index (κ1) is 24.0. The Bertz CT molecular complexity index is 1160. The second-order valence-electron chi connectivity index (χ2n) is 7.10. The third-order valence-electron chi connectivity index (χ3n) is 4.85. The predicted molar refractivity (Wildman–Crippen MR) is 111 cm³/mol. The summed E-state index contributed by atoms with van der Waals surface area (Å²) in [7, 11) is 1.56. The molecule has 2 aromatic heterocycles. The highest BCUT2D eigenvalue weighted by Crippen LogP contribution is 2.29. The van der Waals surface area contributed by atoms with Crippen LogP contribution in [0, 0.1) is 0 Å². The van der Waals surface area contributed by atoms with Gasteiger partial charge in [0.2, 0.25) is 0 Å². The van der Waals surface area contributed by atoms with E-state index in [1.54, 1.807) is 7.11 Å². The quantitative estimate of drug-likeness (QED) is 0.380. The average Bonchev–Trinajstić information content (AvgIpc) is 3.12. The van der Waals surface area contributed by atoms with E-state index < -0.39 is 24.8 Å². The van der Waals surface area contributed by atoms with Crippen LogP contribution in [0.3, 0.4) is 0 Å². The Morgan fingerprint density at radius 3 is 2.61 bits per heavy atom. The Balaban J connectivity index is 1.81. The maximum absolute atomic E-state index is 12.4. The van der Waals surface area contributed by atoms with Crippen molar-refractivity contribution in [1.82, 2.24) is 19.6 Å². The molecule has 178 valence electrons. The number of benzene rings is 1. The normalized spacial score (nSPS) is 11.8. The number of hydrogen-bond acceptors (Lipinski definition) is 7. The minimum absolute atomic E-state index is 0.0228. The maximum atomic E-state index is 12.4. The molecule has 0 atom stereocenters.